The van der Waals surface area contributed by atoms with Crippen molar-refractivity contribution < 1.29 is 14.6 Å². The number of aromatic carboxylic acids is 1. The predicted octanol–water partition coefficient (Wildman–Crippen LogP) is 3.69. The molecule has 0 aliphatic carbocycles. The van der Waals surface area contributed by atoms with Crippen LogP contribution in [-0.2, 0) is 6.61 Å². The van der Waals surface area contributed by atoms with Gasteiger partial charge in [-0.05, 0) is 36.2 Å². The van der Waals surface area contributed by atoms with Gasteiger partial charge < -0.3 is 9.84 Å². The molecule has 0 radical (unpaired) electrons. The normalized spacial score (nSPS) is 9.53. The van der Waals surface area contributed by atoms with Gasteiger partial charge in [-0.25, -0.2) is 4.79 Å². The summed E-state index contributed by atoms with van der Waals surface area (Å²) in [7, 11) is 0. The Morgan fingerprint density at radius 1 is 1.16 bits per heavy atom. The van der Waals surface area contributed by atoms with Crippen molar-refractivity contribution in [3.63, 3.8) is 0 Å². The molecule has 4 heteroatoms. The molecule has 2 aromatic rings. The highest BCUT2D eigenvalue weighted by atomic mass is 35.5. The minimum Gasteiger partial charge on any atom is -0.489 e. The molecule has 0 atom stereocenters. The number of benzene rings is 2. The van der Waals surface area contributed by atoms with Crippen LogP contribution in [0.4, 0.5) is 0 Å². The molecule has 0 aliphatic heterocycles. The zero-order chi connectivity index (χ0) is 13.0. The van der Waals surface area contributed by atoms with Crippen LogP contribution in [0, 0.1) is 6.92 Å². The molecule has 100 valence electrons. The molecule has 1 N–H and O–H groups in total. The van der Waals surface area contributed by atoms with Gasteiger partial charge in [0.15, 0.2) is 0 Å². The average Bonchev–Trinajstić information content (AvgIpc) is 2.37. The predicted molar refractivity (Wildman–Crippen MR) is 76.2 cm³/mol. The molecule has 0 amide bonds. The molecule has 0 heterocycles. The van der Waals surface area contributed by atoms with E-state index in [4.69, 9.17) is 9.84 Å². The zero-order valence-electron chi connectivity index (χ0n) is 10.5. The lowest BCUT2D eigenvalue weighted by Gasteiger charge is -2.08. The molecular weight excluding hydrogens is 264 g/mol. The van der Waals surface area contributed by atoms with Crippen LogP contribution in [0.1, 0.15) is 21.5 Å². The first-order valence-corrected chi connectivity index (χ1v) is 5.67. The van der Waals surface area contributed by atoms with Crippen LogP contribution in [0.15, 0.2) is 48.5 Å². The van der Waals surface area contributed by atoms with E-state index >= 15 is 0 Å². The van der Waals surface area contributed by atoms with E-state index in [9.17, 15) is 4.79 Å². The molecule has 2 aromatic carbocycles. The standard InChI is InChI=1S/C15H14O3.ClH/c1-11-9-13(7-8-14(11)15(16)17)18-10-12-5-3-2-4-6-12;/h2-9H,10H2,1H3,(H,16,17);1H. The van der Waals surface area contributed by atoms with Gasteiger partial charge >= 0.3 is 5.97 Å². The van der Waals surface area contributed by atoms with Crippen molar-refractivity contribution in [2.45, 2.75) is 13.5 Å². The second kappa shape index (κ2) is 6.81. The lowest BCUT2D eigenvalue weighted by Crippen LogP contribution is -2.01. The van der Waals surface area contributed by atoms with Gasteiger partial charge in [0.2, 0.25) is 0 Å². The van der Waals surface area contributed by atoms with Crippen molar-refractivity contribution in [2.24, 2.45) is 0 Å². The molecule has 0 bridgehead atoms. The van der Waals surface area contributed by atoms with E-state index < -0.39 is 5.97 Å². The molecule has 0 fully saturated rings. The highest BCUT2D eigenvalue weighted by Crippen LogP contribution is 2.18. The average molecular weight is 279 g/mol. The monoisotopic (exact) mass is 278 g/mol. The van der Waals surface area contributed by atoms with E-state index in [1.165, 1.54) is 0 Å². The van der Waals surface area contributed by atoms with E-state index in [-0.39, 0.29) is 12.4 Å². The van der Waals surface area contributed by atoms with Crippen molar-refractivity contribution in [2.75, 3.05) is 0 Å². The summed E-state index contributed by atoms with van der Waals surface area (Å²) >= 11 is 0. The second-order valence-corrected chi connectivity index (χ2v) is 4.06. The van der Waals surface area contributed by atoms with Gasteiger partial charge in [-0.1, -0.05) is 30.3 Å². The van der Waals surface area contributed by atoms with Gasteiger partial charge in [0.05, 0.1) is 5.56 Å². The van der Waals surface area contributed by atoms with Gasteiger partial charge in [-0.15, -0.1) is 12.4 Å². The number of ether oxygens (including phenoxy) is 1. The Morgan fingerprint density at radius 3 is 2.42 bits per heavy atom. The minimum absolute atomic E-state index is 0. The quantitative estimate of drug-likeness (QED) is 0.928. The lowest BCUT2D eigenvalue weighted by atomic mass is 10.1. The second-order valence-electron chi connectivity index (χ2n) is 4.06. The summed E-state index contributed by atoms with van der Waals surface area (Å²) in [5, 5.41) is 8.92. The fourth-order valence-electron chi connectivity index (χ4n) is 1.71. The van der Waals surface area contributed by atoms with Crippen LogP contribution in [0.2, 0.25) is 0 Å². The Balaban J connectivity index is 0.00000180. The molecule has 2 rings (SSSR count). The summed E-state index contributed by atoms with van der Waals surface area (Å²) in [6.45, 7) is 2.24. The highest BCUT2D eigenvalue weighted by molar-refractivity contribution is 5.89. The third-order valence-electron chi connectivity index (χ3n) is 2.68. The Labute approximate surface area is 118 Å². The van der Waals surface area contributed by atoms with E-state index in [1.54, 1.807) is 25.1 Å². The van der Waals surface area contributed by atoms with Crippen LogP contribution in [0.5, 0.6) is 5.75 Å². The fourth-order valence-corrected chi connectivity index (χ4v) is 1.71. The van der Waals surface area contributed by atoms with Crippen molar-refractivity contribution >= 4 is 18.4 Å². The van der Waals surface area contributed by atoms with Gasteiger partial charge in [0, 0.05) is 0 Å². The van der Waals surface area contributed by atoms with Crippen molar-refractivity contribution in [1.29, 1.82) is 0 Å². The first-order chi connectivity index (χ1) is 8.66. The third kappa shape index (κ3) is 4.00. The Kier molecular flexibility index (Phi) is 5.39. The molecule has 3 nitrogen and oxygen atoms in total. The van der Waals surface area contributed by atoms with Gasteiger partial charge in [-0.3, -0.25) is 0 Å². The molecule has 0 aliphatic rings. The largest absolute Gasteiger partial charge is 0.489 e. The summed E-state index contributed by atoms with van der Waals surface area (Å²) in [5.41, 5.74) is 2.09. The first-order valence-electron chi connectivity index (χ1n) is 5.67. The van der Waals surface area contributed by atoms with E-state index in [0.29, 0.717) is 23.5 Å². The number of halogens is 1. The van der Waals surface area contributed by atoms with Crippen molar-refractivity contribution in [3.8, 4) is 5.75 Å². The molecular formula is C15H15ClO3. The van der Waals surface area contributed by atoms with E-state index in [0.717, 1.165) is 5.56 Å². The van der Waals surface area contributed by atoms with Gasteiger partial charge in [0.25, 0.3) is 0 Å². The molecule has 0 saturated heterocycles. The molecule has 19 heavy (non-hydrogen) atoms. The van der Waals surface area contributed by atoms with Gasteiger partial charge in [0.1, 0.15) is 12.4 Å². The number of carboxylic acid groups (broad SMARTS) is 1. The van der Waals surface area contributed by atoms with Crippen LogP contribution in [-0.4, -0.2) is 11.1 Å². The van der Waals surface area contributed by atoms with Crippen molar-refractivity contribution in [3.05, 3.63) is 65.2 Å². The van der Waals surface area contributed by atoms with Crippen LogP contribution >= 0.6 is 12.4 Å². The Morgan fingerprint density at radius 2 is 1.84 bits per heavy atom. The third-order valence-corrected chi connectivity index (χ3v) is 2.68. The smallest absolute Gasteiger partial charge is 0.335 e. The maximum Gasteiger partial charge on any atom is 0.335 e. The summed E-state index contributed by atoms with van der Waals surface area (Å²) < 4.78 is 5.61. The Bertz CT molecular complexity index is 553. The number of hydrogen-bond donors (Lipinski definition) is 1. The molecule has 0 aromatic heterocycles. The number of carbonyl (C=O) groups is 1. The fraction of sp³-hybridized carbons (Fsp3) is 0.133. The summed E-state index contributed by atoms with van der Waals surface area (Å²) in [4.78, 5) is 10.9. The summed E-state index contributed by atoms with van der Waals surface area (Å²) in [6.07, 6.45) is 0. The molecule has 0 spiro atoms. The van der Waals surface area contributed by atoms with E-state index in [1.807, 2.05) is 30.3 Å². The van der Waals surface area contributed by atoms with Gasteiger partial charge in [-0.2, -0.15) is 0 Å². The van der Waals surface area contributed by atoms with Crippen LogP contribution in [0.3, 0.4) is 0 Å². The van der Waals surface area contributed by atoms with Crippen LogP contribution in [0.25, 0.3) is 0 Å². The lowest BCUT2D eigenvalue weighted by molar-refractivity contribution is 0.0696. The highest BCUT2D eigenvalue weighted by Gasteiger charge is 2.07. The topological polar surface area (TPSA) is 46.5 Å². The SMILES string of the molecule is Cc1cc(OCc2ccccc2)ccc1C(=O)O.Cl. The summed E-state index contributed by atoms with van der Waals surface area (Å²) in [6, 6.07) is 14.8. The zero-order valence-corrected chi connectivity index (χ0v) is 11.3. The van der Waals surface area contributed by atoms with Crippen LogP contribution < -0.4 is 4.74 Å². The number of rotatable bonds is 4. The Hall–Kier alpha value is -2.00. The summed E-state index contributed by atoms with van der Waals surface area (Å²) in [5.74, 6) is -0.233. The maximum atomic E-state index is 10.9. The maximum absolute atomic E-state index is 10.9. The van der Waals surface area contributed by atoms with E-state index in [2.05, 4.69) is 0 Å². The first kappa shape index (κ1) is 15.1. The molecule has 0 saturated carbocycles. The number of aryl methyl sites for hydroxylation is 1. The number of hydrogen-bond acceptors (Lipinski definition) is 2. The van der Waals surface area contributed by atoms with Crippen molar-refractivity contribution in [1.82, 2.24) is 0 Å². The number of carboxylic acids is 1. The molecule has 0 unspecified atom stereocenters. The minimum atomic E-state index is -0.915.